The van der Waals surface area contributed by atoms with Gasteiger partial charge in [-0.1, -0.05) is 54.1 Å². The molecular weight excluding hydrogens is 336 g/mol. The fraction of sp³-hybridized carbons (Fsp3) is 0.0952. The van der Waals surface area contributed by atoms with E-state index in [0.717, 1.165) is 16.7 Å². The number of ether oxygens (including phenoxy) is 2. The largest absolute Gasteiger partial charge is 0.456 e. The van der Waals surface area contributed by atoms with Crippen LogP contribution in [-0.4, -0.2) is 5.97 Å². The first-order valence-corrected chi connectivity index (χ1v) is 8.40. The third kappa shape index (κ3) is 1.73. The van der Waals surface area contributed by atoms with Gasteiger partial charge in [0, 0.05) is 21.7 Å². The van der Waals surface area contributed by atoms with Gasteiger partial charge in [-0.05, 0) is 30.7 Å². The van der Waals surface area contributed by atoms with Crippen LogP contribution in [0.3, 0.4) is 0 Å². The average molecular weight is 349 g/mol. The summed E-state index contributed by atoms with van der Waals surface area (Å²) in [5.74, 6) is 0.973. The van der Waals surface area contributed by atoms with Crippen LogP contribution in [0.15, 0.2) is 60.7 Å². The zero-order chi connectivity index (χ0) is 17.2. The molecule has 0 bridgehead atoms. The zero-order valence-corrected chi connectivity index (χ0v) is 14.1. The summed E-state index contributed by atoms with van der Waals surface area (Å²) in [6.45, 7) is 1.90. The van der Waals surface area contributed by atoms with Gasteiger partial charge in [0.2, 0.25) is 0 Å². The Hall–Kier alpha value is -2.78. The monoisotopic (exact) mass is 348 g/mol. The molecule has 0 radical (unpaired) electrons. The summed E-state index contributed by atoms with van der Waals surface area (Å²) >= 11 is 6.59. The van der Waals surface area contributed by atoms with Crippen LogP contribution >= 0.6 is 11.6 Å². The van der Waals surface area contributed by atoms with Gasteiger partial charge in [-0.3, -0.25) is 0 Å². The Bertz CT molecular complexity index is 1010. The van der Waals surface area contributed by atoms with Crippen molar-refractivity contribution in [3.05, 3.63) is 93.5 Å². The summed E-state index contributed by atoms with van der Waals surface area (Å²) in [6.07, 6.45) is 0. The van der Waals surface area contributed by atoms with E-state index in [-0.39, 0.29) is 5.97 Å². The number of para-hydroxylation sites is 2. The Balaban J connectivity index is 1.97. The average Bonchev–Trinajstić information content (AvgIpc) is 2.94. The van der Waals surface area contributed by atoms with Gasteiger partial charge in [-0.15, -0.1) is 0 Å². The van der Waals surface area contributed by atoms with Crippen molar-refractivity contribution < 1.29 is 14.3 Å². The third-order valence-corrected chi connectivity index (χ3v) is 5.23. The molecule has 2 heterocycles. The van der Waals surface area contributed by atoms with Crippen LogP contribution in [0.4, 0.5) is 0 Å². The van der Waals surface area contributed by atoms with Crippen LogP contribution in [-0.2, 0) is 10.3 Å². The van der Waals surface area contributed by atoms with Crippen molar-refractivity contribution >= 4 is 17.6 Å². The van der Waals surface area contributed by atoms with Crippen molar-refractivity contribution in [2.75, 3.05) is 0 Å². The standard InChI is InChI=1S/C21H13ClO3/c1-12-10-11-15(22)19-18(12)20(23)25-21(19)13-6-2-4-8-16(13)24-17-9-5-3-7-14(17)21/h2-11H,1H3. The Morgan fingerprint density at radius 1 is 0.880 bits per heavy atom. The van der Waals surface area contributed by atoms with Gasteiger partial charge in [0.05, 0.1) is 5.56 Å². The van der Waals surface area contributed by atoms with Gasteiger partial charge in [-0.25, -0.2) is 4.79 Å². The second-order valence-corrected chi connectivity index (χ2v) is 6.69. The maximum Gasteiger partial charge on any atom is 0.340 e. The summed E-state index contributed by atoms with van der Waals surface area (Å²) in [5.41, 5.74) is 2.58. The fourth-order valence-corrected chi connectivity index (χ4v) is 4.16. The van der Waals surface area contributed by atoms with Gasteiger partial charge in [0.1, 0.15) is 11.5 Å². The highest BCUT2D eigenvalue weighted by Crippen LogP contribution is 2.57. The number of carbonyl (C=O) groups excluding carboxylic acids is 1. The molecule has 3 aromatic carbocycles. The van der Waals surface area contributed by atoms with Gasteiger partial charge >= 0.3 is 5.97 Å². The summed E-state index contributed by atoms with van der Waals surface area (Å²) < 4.78 is 12.1. The lowest BCUT2D eigenvalue weighted by molar-refractivity contribution is 0.0224. The summed E-state index contributed by atoms with van der Waals surface area (Å²) in [6, 6.07) is 18.9. The summed E-state index contributed by atoms with van der Waals surface area (Å²) in [4.78, 5) is 12.8. The lowest BCUT2D eigenvalue weighted by Gasteiger charge is -2.36. The van der Waals surface area contributed by atoms with Gasteiger partial charge in [0.15, 0.2) is 5.60 Å². The SMILES string of the molecule is Cc1ccc(Cl)c2c1C(=O)OC21c2ccccc2Oc2ccccc21. The molecule has 25 heavy (non-hydrogen) atoms. The Kier molecular flexibility index (Phi) is 2.83. The highest BCUT2D eigenvalue weighted by atomic mass is 35.5. The van der Waals surface area contributed by atoms with Crippen molar-refractivity contribution in [3.8, 4) is 11.5 Å². The second kappa shape index (κ2) is 4.87. The van der Waals surface area contributed by atoms with E-state index in [0.29, 0.717) is 27.6 Å². The molecule has 0 aliphatic carbocycles. The van der Waals surface area contributed by atoms with E-state index < -0.39 is 5.60 Å². The van der Waals surface area contributed by atoms with Gasteiger partial charge in [-0.2, -0.15) is 0 Å². The molecule has 3 nitrogen and oxygen atoms in total. The molecule has 122 valence electrons. The number of carbonyl (C=O) groups is 1. The molecular formula is C21H13ClO3. The maximum atomic E-state index is 12.8. The molecule has 0 N–H and O–H groups in total. The van der Waals surface area contributed by atoms with Crippen molar-refractivity contribution in [2.45, 2.75) is 12.5 Å². The van der Waals surface area contributed by atoms with Gasteiger partial charge in [0.25, 0.3) is 0 Å². The lowest BCUT2D eigenvalue weighted by atomic mass is 9.77. The number of aryl methyl sites for hydroxylation is 1. The molecule has 0 unspecified atom stereocenters. The molecule has 0 atom stereocenters. The maximum absolute atomic E-state index is 12.8. The zero-order valence-electron chi connectivity index (χ0n) is 13.4. The predicted octanol–water partition coefficient (Wildman–Crippen LogP) is 5.22. The van der Waals surface area contributed by atoms with Crippen molar-refractivity contribution in [1.29, 1.82) is 0 Å². The first-order valence-electron chi connectivity index (χ1n) is 8.02. The number of benzene rings is 3. The highest BCUT2D eigenvalue weighted by Gasteiger charge is 2.54. The number of esters is 1. The Morgan fingerprint density at radius 2 is 1.48 bits per heavy atom. The molecule has 0 amide bonds. The first-order chi connectivity index (χ1) is 12.1. The van der Waals surface area contributed by atoms with E-state index in [2.05, 4.69) is 0 Å². The molecule has 0 aromatic heterocycles. The van der Waals surface area contributed by atoms with Crippen LogP contribution in [0.5, 0.6) is 11.5 Å². The number of fused-ring (bicyclic) bond motifs is 6. The van der Waals surface area contributed by atoms with Crippen LogP contribution in [0.2, 0.25) is 5.02 Å². The van der Waals surface area contributed by atoms with Gasteiger partial charge < -0.3 is 9.47 Å². The summed E-state index contributed by atoms with van der Waals surface area (Å²) in [7, 11) is 0. The molecule has 0 saturated heterocycles. The van der Waals surface area contributed by atoms with E-state index in [9.17, 15) is 4.79 Å². The van der Waals surface area contributed by atoms with E-state index in [1.165, 1.54) is 0 Å². The minimum atomic E-state index is -1.08. The van der Waals surface area contributed by atoms with Crippen molar-refractivity contribution in [1.82, 2.24) is 0 Å². The van der Waals surface area contributed by atoms with Crippen LogP contribution in [0.1, 0.15) is 32.6 Å². The van der Waals surface area contributed by atoms with Crippen LogP contribution in [0.25, 0.3) is 0 Å². The number of hydrogen-bond acceptors (Lipinski definition) is 3. The molecule has 3 aromatic rings. The minimum absolute atomic E-state index is 0.360. The molecule has 4 heteroatoms. The molecule has 0 fully saturated rings. The second-order valence-electron chi connectivity index (χ2n) is 6.28. The third-order valence-electron chi connectivity index (χ3n) is 4.92. The first kappa shape index (κ1) is 14.6. The van der Waals surface area contributed by atoms with E-state index in [1.54, 1.807) is 0 Å². The molecule has 2 aliphatic rings. The Morgan fingerprint density at radius 3 is 2.12 bits per heavy atom. The fourth-order valence-electron chi connectivity index (χ4n) is 3.87. The number of halogens is 1. The summed E-state index contributed by atoms with van der Waals surface area (Å²) in [5, 5.41) is 0.512. The lowest BCUT2D eigenvalue weighted by Crippen LogP contribution is -2.33. The quantitative estimate of drug-likeness (QED) is 0.523. The topological polar surface area (TPSA) is 35.5 Å². The molecule has 5 rings (SSSR count). The molecule has 2 aliphatic heterocycles. The Labute approximate surface area is 149 Å². The normalized spacial score (nSPS) is 15.8. The predicted molar refractivity (Wildman–Crippen MR) is 94.4 cm³/mol. The van der Waals surface area contributed by atoms with E-state index in [4.69, 9.17) is 21.1 Å². The molecule has 1 spiro atoms. The minimum Gasteiger partial charge on any atom is -0.456 e. The van der Waals surface area contributed by atoms with E-state index >= 15 is 0 Å². The van der Waals surface area contributed by atoms with Crippen molar-refractivity contribution in [2.24, 2.45) is 0 Å². The van der Waals surface area contributed by atoms with Crippen molar-refractivity contribution in [3.63, 3.8) is 0 Å². The smallest absolute Gasteiger partial charge is 0.340 e. The van der Waals surface area contributed by atoms with Crippen LogP contribution in [0, 0.1) is 6.92 Å². The molecule has 0 saturated carbocycles. The highest BCUT2D eigenvalue weighted by molar-refractivity contribution is 6.32. The van der Waals surface area contributed by atoms with Crippen LogP contribution < -0.4 is 4.74 Å². The number of hydrogen-bond donors (Lipinski definition) is 0. The number of rotatable bonds is 0. The van der Waals surface area contributed by atoms with E-state index in [1.807, 2.05) is 67.6 Å².